The van der Waals surface area contributed by atoms with Gasteiger partial charge in [0.1, 0.15) is 16.8 Å². The zero-order valence-electron chi connectivity index (χ0n) is 16.6. The molecule has 6 nitrogen and oxygen atoms in total. The van der Waals surface area contributed by atoms with E-state index in [1.54, 1.807) is 17.4 Å². The molecule has 2 aromatic carbocycles. The van der Waals surface area contributed by atoms with E-state index in [1.165, 1.54) is 5.56 Å². The Morgan fingerprint density at radius 1 is 1.30 bits per heavy atom. The van der Waals surface area contributed by atoms with E-state index in [1.807, 2.05) is 44.3 Å². The molecule has 2 atom stereocenters. The number of fused-ring (bicyclic) bond motifs is 1. The Morgan fingerprint density at radius 3 is 2.80 bits per heavy atom. The van der Waals surface area contributed by atoms with Crippen LogP contribution in [0.5, 0.6) is 5.75 Å². The Labute approximate surface area is 182 Å². The molecule has 0 radical (unpaired) electrons. The number of hydrogen-bond donors (Lipinski definition) is 2. The van der Waals surface area contributed by atoms with E-state index in [0.717, 1.165) is 39.4 Å². The van der Waals surface area contributed by atoms with E-state index < -0.39 is 11.3 Å². The third kappa shape index (κ3) is 4.02. The molecule has 1 aromatic heterocycles. The molecule has 0 amide bonds. The number of para-hydroxylation sites is 1. The fourth-order valence-corrected chi connectivity index (χ4v) is 5.29. The Morgan fingerprint density at radius 2 is 2.07 bits per heavy atom. The predicted octanol–water partition coefficient (Wildman–Crippen LogP) is 4.85. The van der Waals surface area contributed by atoms with Gasteiger partial charge in [-0.05, 0) is 55.5 Å². The van der Waals surface area contributed by atoms with Crippen LogP contribution in [0.3, 0.4) is 0 Å². The molecule has 0 saturated heterocycles. The minimum absolute atomic E-state index is 0.0587. The van der Waals surface area contributed by atoms with Crippen molar-refractivity contribution in [3.05, 3.63) is 59.3 Å². The van der Waals surface area contributed by atoms with Crippen LogP contribution in [0.2, 0.25) is 0 Å². The maximum absolute atomic E-state index is 11.2. The molecule has 0 saturated carbocycles. The Balaban J connectivity index is 1.73. The van der Waals surface area contributed by atoms with Gasteiger partial charge in [0.25, 0.3) is 0 Å². The van der Waals surface area contributed by atoms with Crippen molar-refractivity contribution in [2.75, 3.05) is 0 Å². The number of nitriles is 1. The number of thiazole rings is 1. The summed E-state index contributed by atoms with van der Waals surface area (Å²) in [5.41, 5.74) is 4.62. The van der Waals surface area contributed by atoms with Crippen molar-refractivity contribution >= 4 is 22.6 Å². The Bertz CT molecular complexity index is 1150. The Hall–Kier alpha value is -2.57. The maximum Gasteiger partial charge on any atom is 0.232 e. The summed E-state index contributed by atoms with van der Waals surface area (Å²) in [5, 5.41) is 10.3. The van der Waals surface area contributed by atoms with E-state index in [2.05, 4.69) is 21.8 Å². The normalized spacial score (nSPS) is 16.3. The molecule has 154 valence electrons. The molecule has 1 aliphatic rings. The second kappa shape index (κ2) is 8.66. The zero-order valence-corrected chi connectivity index (χ0v) is 18.2. The van der Waals surface area contributed by atoms with Gasteiger partial charge in [-0.2, -0.15) is 5.26 Å². The molecule has 0 fully saturated rings. The second-order valence-corrected chi connectivity index (χ2v) is 9.09. The highest BCUT2D eigenvalue weighted by Gasteiger charge is 2.26. The van der Waals surface area contributed by atoms with Crippen LogP contribution in [-0.2, 0) is 17.7 Å². The summed E-state index contributed by atoms with van der Waals surface area (Å²) in [6.07, 6.45) is 3.40. The van der Waals surface area contributed by atoms with E-state index in [9.17, 15) is 14.0 Å². The maximum atomic E-state index is 11.2. The SMILES string of the molecule is CC(C)Oc1c(C#N)cccc1-c1ncc(-c2cccc3c2CCC3NS(=O)O)s1. The quantitative estimate of drug-likeness (QED) is 0.535. The summed E-state index contributed by atoms with van der Waals surface area (Å²) in [5.74, 6) is 0.559. The Kier molecular flexibility index (Phi) is 5.97. The van der Waals surface area contributed by atoms with Crippen LogP contribution in [0, 0.1) is 11.3 Å². The van der Waals surface area contributed by atoms with Crippen LogP contribution in [0.4, 0.5) is 0 Å². The van der Waals surface area contributed by atoms with Gasteiger partial charge in [0, 0.05) is 12.2 Å². The number of rotatable bonds is 6. The molecule has 2 N–H and O–H groups in total. The molecular formula is C22H21N3O3S2. The second-order valence-electron chi connectivity index (χ2n) is 7.32. The highest BCUT2D eigenvalue weighted by atomic mass is 32.2. The molecule has 4 rings (SSSR count). The summed E-state index contributed by atoms with van der Waals surface area (Å²) < 4.78 is 29.1. The van der Waals surface area contributed by atoms with E-state index in [4.69, 9.17) is 4.74 Å². The number of aromatic nitrogens is 1. The third-order valence-electron chi connectivity index (χ3n) is 5.00. The molecule has 0 aliphatic heterocycles. The molecule has 8 heteroatoms. The molecule has 30 heavy (non-hydrogen) atoms. The first-order valence-corrected chi connectivity index (χ1v) is 11.6. The summed E-state index contributed by atoms with van der Waals surface area (Å²) in [4.78, 5) is 5.64. The minimum Gasteiger partial charge on any atom is -0.489 e. The lowest BCUT2D eigenvalue weighted by molar-refractivity contribution is 0.243. The fourth-order valence-electron chi connectivity index (χ4n) is 3.81. The van der Waals surface area contributed by atoms with Crippen LogP contribution in [0.1, 0.15) is 43.0 Å². The average Bonchev–Trinajstić information content (AvgIpc) is 3.35. The van der Waals surface area contributed by atoms with E-state index in [0.29, 0.717) is 11.3 Å². The topological polar surface area (TPSA) is 95.2 Å². The lowest BCUT2D eigenvalue weighted by Gasteiger charge is -2.14. The highest BCUT2D eigenvalue weighted by molar-refractivity contribution is 7.77. The summed E-state index contributed by atoms with van der Waals surface area (Å²) in [7, 11) is 0. The van der Waals surface area contributed by atoms with Gasteiger partial charge in [-0.1, -0.05) is 24.3 Å². The molecular weight excluding hydrogens is 418 g/mol. The molecule has 0 bridgehead atoms. The summed E-state index contributed by atoms with van der Waals surface area (Å²) in [6, 6.07) is 13.6. The molecule has 1 aliphatic carbocycles. The first-order chi connectivity index (χ1) is 14.5. The van der Waals surface area contributed by atoms with Crippen molar-refractivity contribution in [1.29, 1.82) is 5.26 Å². The largest absolute Gasteiger partial charge is 0.489 e. The molecule has 0 spiro atoms. The van der Waals surface area contributed by atoms with Crippen LogP contribution in [0.15, 0.2) is 42.6 Å². The number of benzene rings is 2. The van der Waals surface area contributed by atoms with Crippen molar-refractivity contribution in [2.24, 2.45) is 0 Å². The standard InChI is InChI=1S/C22H21N3O3S2/c1-13(2)28-21-14(11-23)5-3-8-18(21)22-24-12-20(29-22)17-7-4-6-16-15(17)9-10-19(16)25-30(26)27/h3-8,12-13,19,25H,9-10H2,1-2H3,(H,26,27). The average molecular weight is 440 g/mol. The first kappa shape index (κ1) is 20.7. The number of nitrogens with one attached hydrogen (secondary N) is 1. The third-order valence-corrected chi connectivity index (χ3v) is 6.55. The van der Waals surface area contributed by atoms with E-state index in [-0.39, 0.29) is 12.1 Å². The van der Waals surface area contributed by atoms with Gasteiger partial charge < -0.3 is 4.74 Å². The number of nitrogens with zero attached hydrogens (tertiary/aromatic N) is 2. The monoisotopic (exact) mass is 439 g/mol. The van der Waals surface area contributed by atoms with E-state index >= 15 is 0 Å². The zero-order chi connectivity index (χ0) is 21.3. The number of hydrogen-bond acceptors (Lipinski definition) is 5. The minimum atomic E-state index is -2.05. The lowest BCUT2D eigenvalue weighted by Crippen LogP contribution is -2.20. The van der Waals surface area contributed by atoms with Crippen molar-refractivity contribution in [3.63, 3.8) is 0 Å². The van der Waals surface area contributed by atoms with Crippen LogP contribution < -0.4 is 9.46 Å². The lowest BCUT2D eigenvalue weighted by atomic mass is 10.0. The van der Waals surface area contributed by atoms with Crippen LogP contribution in [-0.4, -0.2) is 19.8 Å². The van der Waals surface area contributed by atoms with Crippen molar-refractivity contribution in [1.82, 2.24) is 9.71 Å². The van der Waals surface area contributed by atoms with Gasteiger partial charge >= 0.3 is 0 Å². The van der Waals surface area contributed by atoms with Gasteiger partial charge in [0.05, 0.1) is 22.1 Å². The van der Waals surface area contributed by atoms with Crippen molar-refractivity contribution < 1.29 is 13.5 Å². The van der Waals surface area contributed by atoms with Gasteiger partial charge in [-0.25, -0.2) is 13.9 Å². The fraction of sp³-hybridized carbons (Fsp3) is 0.273. The van der Waals surface area contributed by atoms with Gasteiger partial charge in [0.15, 0.2) is 0 Å². The summed E-state index contributed by atoms with van der Waals surface area (Å²) in [6.45, 7) is 3.87. The van der Waals surface area contributed by atoms with Gasteiger partial charge in [-0.15, -0.1) is 11.3 Å². The smallest absolute Gasteiger partial charge is 0.232 e. The van der Waals surface area contributed by atoms with Gasteiger partial charge in [0.2, 0.25) is 11.3 Å². The predicted molar refractivity (Wildman–Crippen MR) is 118 cm³/mol. The first-order valence-electron chi connectivity index (χ1n) is 9.63. The molecule has 1 heterocycles. The van der Waals surface area contributed by atoms with Gasteiger partial charge in [-0.3, -0.25) is 4.55 Å². The van der Waals surface area contributed by atoms with Crippen LogP contribution in [0.25, 0.3) is 21.0 Å². The highest BCUT2D eigenvalue weighted by Crippen LogP contribution is 2.42. The van der Waals surface area contributed by atoms with Crippen molar-refractivity contribution in [3.8, 4) is 32.8 Å². The van der Waals surface area contributed by atoms with Crippen LogP contribution >= 0.6 is 11.3 Å². The summed E-state index contributed by atoms with van der Waals surface area (Å²) >= 11 is -0.495. The number of ether oxygens (including phenoxy) is 1. The van der Waals surface area contributed by atoms with Crippen molar-refractivity contribution in [2.45, 2.75) is 38.8 Å². The molecule has 3 aromatic rings. The molecule has 2 unspecified atom stereocenters.